The number of ether oxygens (including phenoxy) is 1. The van der Waals surface area contributed by atoms with Gasteiger partial charge in [-0.15, -0.1) is 0 Å². The molecule has 5 nitrogen and oxygen atoms in total. The van der Waals surface area contributed by atoms with E-state index in [1.165, 1.54) is 0 Å². The summed E-state index contributed by atoms with van der Waals surface area (Å²) in [7, 11) is 0. The van der Waals surface area contributed by atoms with Gasteiger partial charge in [-0.3, -0.25) is 4.79 Å². The second kappa shape index (κ2) is 6.82. The van der Waals surface area contributed by atoms with Crippen LogP contribution in [0.2, 0.25) is 0 Å². The van der Waals surface area contributed by atoms with Gasteiger partial charge in [0.25, 0.3) is 0 Å². The molecule has 0 aromatic heterocycles. The number of rotatable bonds is 3. The van der Waals surface area contributed by atoms with E-state index in [4.69, 9.17) is 10.00 Å². The summed E-state index contributed by atoms with van der Waals surface area (Å²) in [6.45, 7) is 6.10. The molecule has 0 spiro atoms. The minimum atomic E-state index is -0.546. The number of nitrogens with zero attached hydrogens (tertiary/aromatic N) is 2. The molecule has 0 bridgehead atoms. The first-order chi connectivity index (χ1) is 10.8. The second-order valence-corrected chi connectivity index (χ2v) is 6.79. The summed E-state index contributed by atoms with van der Waals surface area (Å²) in [5.41, 5.74) is 0.432. The Hall–Kier alpha value is -2.35. The fourth-order valence-corrected chi connectivity index (χ4v) is 2.70. The van der Waals surface area contributed by atoms with Crippen molar-refractivity contribution in [3.05, 3.63) is 35.4 Å². The first kappa shape index (κ1) is 17.0. The second-order valence-electron chi connectivity index (χ2n) is 6.79. The molecule has 0 saturated carbocycles. The molecule has 0 N–H and O–H groups in total. The van der Waals surface area contributed by atoms with Crippen molar-refractivity contribution in [2.75, 3.05) is 6.54 Å². The highest BCUT2D eigenvalue weighted by molar-refractivity contribution is 5.97. The van der Waals surface area contributed by atoms with Crippen molar-refractivity contribution in [1.82, 2.24) is 4.90 Å². The number of ketones is 1. The van der Waals surface area contributed by atoms with Crippen LogP contribution in [0.4, 0.5) is 4.79 Å². The van der Waals surface area contributed by atoms with E-state index in [0.717, 1.165) is 12.8 Å². The maximum Gasteiger partial charge on any atom is 0.410 e. The van der Waals surface area contributed by atoms with Crippen molar-refractivity contribution in [3.8, 4) is 6.07 Å². The lowest BCUT2D eigenvalue weighted by Crippen LogP contribution is -2.40. The van der Waals surface area contributed by atoms with Crippen molar-refractivity contribution in [3.63, 3.8) is 0 Å². The number of amides is 1. The van der Waals surface area contributed by atoms with Crippen LogP contribution in [0.1, 0.15) is 56.0 Å². The highest BCUT2D eigenvalue weighted by atomic mass is 16.6. The quantitative estimate of drug-likeness (QED) is 0.800. The van der Waals surface area contributed by atoms with Gasteiger partial charge in [-0.2, -0.15) is 5.26 Å². The van der Waals surface area contributed by atoms with E-state index in [1.54, 1.807) is 29.2 Å². The predicted molar refractivity (Wildman–Crippen MR) is 86.1 cm³/mol. The van der Waals surface area contributed by atoms with Gasteiger partial charge in [0.15, 0.2) is 5.78 Å². The van der Waals surface area contributed by atoms with Gasteiger partial charge in [0, 0.05) is 24.6 Å². The zero-order valence-corrected chi connectivity index (χ0v) is 13.8. The van der Waals surface area contributed by atoms with Crippen LogP contribution in [0, 0.1) is 11.3 Å². The number of benzene rings is 1. The van der Waals surface area contributed by atoms with E-state index in [1.807, 2.05) is 26.8 Å². The molecule has 1 aliphatic heterocycles. The first-order valence-corrected chi connectivity index (χ1v) is 7.83. The minimum Gasteiger partial charge on any atom is -0.444 e. The molecule has 0 radical (unpaired) electrons. The summed E-state index contributed by atoms with van der Waals surface area (Å²) in [5, 5.41) is 8.92. The molecule has 1 aromatic carbocycles. The van der Waals surface area contributed by atoms with Crippen molar-refractivity contribution in [2.45, 2.75) is 51.7 Å². The highest BCUT2D eigenvalue weighted by Gasteiger charge is 2.33. The zero-order chi connectivity index (χ0) is 17.0. The van der Waals surface area contributed by atoms with Crippen molar-refractivity contribution in [1.29, 1.82) is 5.26 Å². The molecule has 1 aromatic rings. The van der Waals surface area contributed by atoms with Gasteiger partial charge in [0.2, 0.25) is 0 Å². The van der Waals surface area contributed by atoms with Crippen molar-refractivity contribution >= 4 is 11.9 Å². The van der Waals surface area contributed by atoms with E-state index >= 15 is 0 Å². The molecule has 122 valence electrons. The molecule has 1 atom stereocenters. The summed E-state index contributed by atoms with van der Waals surface area (Å²) in [6, 6.07) is 8.56. The van der Waals surface area contributed by atoms with E-state index in [2.05, 4.69) is 0 Å². The van der Waals surface area contributed by atoms with Crippen LogP contribution in [0.15, 0.2) is 24.3 Å². The van der Waals surface area contributed by atoms with Crippen molar-refractivity contribution in [2.24, 2.45) is 0 Å². The summed E-state index contributed by atoms with van der Waals surface area (Å²) in [6.07, 6.45) is 1.56. The van der Waals surface area contributed by atoms with Gasteiger partial charge >= 0.3 is 6.09 Å². The molecular formula is C18H22N2O3. The molecule has 0 aliphatic carbocycles. The van der Waals surface area contributed by atoms with Crippen LogP contribution in [0.3, 0.4) is 0 Å². The van der Waals surface area contributed by atoms with Crippen LogP contribution in [0.5, 0.6) is 0 Å². The standard InChI is InChI=1S/C18H22N2O3/c1-18(2,3)23-17(22)20-9-5-8-15(20)11-16(21)14-7-4-6-13(10-14)12-19/h4,6-7,10,15H,5,8-9,11H2,1-3H3. The fourth-order valence-electron chi connectivity index (χ4n) is 2.70. The van der Waals surface area contributed by atoms with E-state index in [9.17, 15) is 9.59 Å². The Kier molecular flexibility index (Phi) is 5.05. The third-order valence-corrected chi connectivity index (χ3v) is 3.74. The number of carbonyl (C=O) groups excluding carboxylic acids is 2. The highest BCUT2D eigenvalue weighted by Crippen LogP contribution is 2.24. The number of hydrogen-bond acceptors (Lipinski definition) is 4. The van der Waals surface area contributed by atoms with Gasteiger partial charge in [-0.05, 0) is 45.7 Å². The summed E-state index contributed by atoms with van der Waals surface area (Å²) in [5.74, 6) is -0.0532. The Morgan fingerprint density at radius 1 is 1.39 bits per heavy atom. The van der Waals surface area contributed by atoms with Crippen LogP contribution >= 0.6 is 0 Å². The predicted octanol–water partition coefficient (Wildman–Crippen LogP) is 3.53. The summed E-state index contributed by atoms with van der Waals surface area (Å²) < 4.78 is 5.41. The lowest BCUT2D eigenvalue weighted by molar-refractivity contribution is 0.0223. The Balaban J connectivity index is 2.04. The van der Waals surface area contributed by atoms with Gasteiger partial charge in [0.05, 0.1) is 11.6 Å². The Labute approximate surface area is 136 Å². The largest absolute Gasteiger partial charge is 0.444 e. The third-order valence-electron chi connectivity index (χ3n) is 3.74. The van der Waals surface area contributed by atoms with E-state index < -0.39 is 5.60 Å². The lowest BCUT2D eigenvalue weighted by Gasteiger charge is -2.28. The van der Waals surface area contributed by atoms with Gasteiger partial charge < -0.3 is 9.64 Å². The first-order valence-electron chi connectivity index (χ1n) is 7.83. The molecule has 1 saturated heterocycles. The van der Waals surface area contributed by atoms with Crippen LogP contribution < -0.4 is 0 Å². The SMILES string of the molecule is CC(C)(C)OC(=O)N1CCCC1CC(=O)c1cccc(C#N)c1. The summed E-state index contributed by atoms with van der Waals surface area (Å²) in [4.78, 5) is 26.3. The fraction of sp³-hybridized carbons (Fsp3) is 0.500. The molecule has 1 amide bonds. The average Bonchev–Trinajstić information content (AvgIpc) is 2.93. The molecular weight excluding hydrogens is 292 g/mol. The molecule has 5 heteroatoms. The molecule has 1 unspecified atom stereocenters. The summed E-state index contributed by atoms with van der Waals surface area (Å²) >= 11 is 0. The molecule has 1 aliphatic rings. The minimum absolute atomic E-state index is 0.0532. The van der Waals surface area contributed by atoms with Gasteiger partial charge in [-0.1, -0.05) is 12.1 Å². The topological polar surface area (TPSA) is 70.4 Å². The third kappa shape index (κ3) is 4.56. The van der Waals surface area contributed by atoms with E-state index in [0.29, 0.717) is 17.7 Å². The number of hydrogen-bond donors (Lipinski definition) is 0. The van der Waals surface area contributed by atoms with Gasteiger partial charge in [0.1, 0.15) is 5.60 Å². The Morgan fingerprint density at radius 2 is 2.13 bits per heavy atom. The maximum absolute atomic E-state index is 12.4. The smallest absolute Gasteiger partial charge is 0.410 e. The normalized spacial score (nSPS) is 17.7. The molecule has 23 heavy (non-hydrogen) atoms. The van der Waals surface area contributed by atoms with E-state index in [-0.39, 0.29) is 24.3 Å². The monoisotopic (exact) mass is 314 g/mol. The molecule has 1 fully saturated rings. The number of Topliss-reactive ketones (excluding diaryl/α,β-unsaturated/α-hetero) is 1. The molecule has 1 heterocycles. The number of nitriles is 1. The average molecular weight is 314 g/mol. The number of carbonyl (C=O) groups is 2. The molecule has 2 rings (SSSR count). The van der Waals surface area contributed by atoms with Crippen LogP contribution in [-0.2, 0) is 4.74 Å². The Bertz CT molecular complexity index is 640. The number of likely N-dealkylation sites (tertiary alicyclic amines) is 1. The van der Waals surface area contributed by atoms with Crippen LogP contribution in [0.25, 0.3) is 0 Å². The van der Waals surface area contributed by atoms with Crippen molar-refractivity contribution < 1.29 is 14.3 Å². The van der Waals surface area contributed by atoms with Crippen LogP contribution in [-0.4, -0.2) is 35.0 Å². The zero-order valence-electron chi connectivity index (χ0n) is 13.8. The maximum atomic E-state index is 12.4. The van der Waals surface area contributed by atoms with Gasteiger partial charge in [-0.25, -0.2) is 4.79 Å². The Morgan fingerprint density at radius 3 is 2.78 bits per heavy atom. The lowest BCUT2D eigenvalue weighted by atomic mass is 10.0.